The Balaban J connectivity index is 2.14. The van der Waals surface area contributed by atoms with E-state index in [1.54, 1.807) is 0 Å². The molecule has 1 aromatic heterocycles. The molecule has 0 saturated carbocycles. The van der Waals surface area contributed by atoms with Gasteiger partial charge in [0.15, 0.2) is 0 Å². The van der Waals surface area contributed by atoms with Crippen LogP contribution in [0.25, 0.3) is 0 Å². The Hall–Kier alpha value is -1.36. The van der Waals surface area contributed by atoms with Gasteiger partial charge in [-0.15, -0.1) is 0 Å². The van der Waals surface area contributed by atoms with Crippen LogP contribution < -0.4 is 10.6 Å². The Labute approximate surface area is 95.3 Å². The van der Waals surface area contributed by atoms with Crippen LogP contribution in [0.1, 0.15) is 19.0 Å². The van der Waals surface area contributed by atoms with Crippen LogP contribution in [0.2, 0.25) is 0 Å². The van der Waals surface area contributed by atoms with Crippen LogP contribution in [0.3, 0.4) is 0 Å². The normalized spacial score (nSPS) is 22.4. The molecule has 1 aromatic rings. The van der Waals surface area contributed by atoms with Crippen molar-refractivity contribution in [1.82, 2.24) is 9.97 Å². The van der Waals surface area contributed by atoms with Crippen molar-refractivity contribution in [2.75, 3.05) is 23.7 Å². The minimum Gasteiger partial charge on any atom is -0.393 e. The van der Waals surface area contributed by atoms with E-state index < -0.39 is 0 Å². The monoisotopic (exact) mass is 222 g/mol. The fraction of sp³-hybridized carbons (Fsp3) is 0.636. The van der Waals surface area contributed by atoms with Crippen molar-refractivity contribution in [3.05, 3.63) is 11.8 Å². The van der Waals surface area contributed by atoms with Crippen molar-refractivity contribution in [2.24, 2.45) is 5.92 Å². The minimum atomic E-state index is -0.259. The minimum absolute atomic E-state index is 0.259. The van der Waals surface area contributed by atoms with Gasteiger partial charge in [0.2, 0.25) is 5.95 Å². The molecular formula is C11H18N4O. The second-order valence-electron chi connectivity index (χ2n) is 4.46. The molecule has 0 aliphatic carbocycles. The molecule has 0 bridgehead atoms. The Kier molecular flexibility index (Phi) is 2.96. The summed E-state index contributed by atoms with van der Waals surface area (Å²) in [4.78, 5) is 10.4. The maximum atomic E-state index is 9.54. The SMILES string of the molecule is Cc1cc(N2CCC(C(C)O)C2)nc(N)n1. The maximum Gasteiger partial charge on any atom is 0.222 e. The Morgan fingerprint density at radius 2 is 2.31 bits per heavy atom. The average Bonchev–Trinajstić information content (AvgIpc) is 2.64. The zero-order chi connectivity index (χ0) is 11.7. The van der Waals surface area contributed by atoms with Crippen LogP contribution in [-0.2, 0) is 0 Å². The summed E-state index contributed by atoms with van der Waals surface area (Å²) in [6.07, 6.45) is 0.742. The number of aliphatic hydroxyl groups excluding tert-OH is 1. The van der Waals surface area contributed by atoms with Gasteiger partial charge in [0.05, 0.1) is 6.10 Å². The highest BCUT2D eigenvalue weighted by atomic mass is 16.3. The molecule has 2 atom stereocenters. The molecule has 5 nitrogen and oxygen atoms in total. The summed E-state index contributed by atoms with van der Waals surface area (Å²) in [5.41, 5.74) is 6.50. The Bertz CT molecular complexity index is 360. The van der Waals surface area contributed by atoms with Crippen LogP contribution in [-0.4, -0.2) is 34.3 Å². The lowest BCUT2D eigenvalue weighted by Crippen LogP contribution is -2.25. The molecule has 3 N–H and O–H groups in total. The number of nitrogen functional groups attached to an aromatic ring is 1. The van der Waals surface area contributed by atoms with Crippen molar-refractivity contribution in [1.29, 1.82) is 0 Å². The summed E-state index contributed by atoms with van der Waals surface area (Å²) >= 11 is 0. The van der Waals surface area contributed by atoms with Crippen molar-refractivity contribution in [3.63, 3.8) is 0 Å². The van der Waals surface area contributed by atoms with Gasteiger partial charge in [-0.1, -0.05) is 0 Å². The topological polar surface area (TPSA) is 75.3 Å². The van der Waals surface area contributed by atoms with Crippen molar-refractivity contribution < 1.29 is 5.11 Å². The first kappa shape index (κ1) is 11.1. The second kappa shape index (κ2) is 4.25. The zero-order valence-corrected chi connectivity index (χ0v) is 9.72. The number of anilines is 2. The molecule has 1 fully saturated rings. The predicted octanol–water partition coefficient (Wildman–Crippen LogP) is 0.574. The van der Waals surface area contributed by atoms with E-state index >= 15 is 0 Å². The van der Waals surface area contributed by atoms with Gasteiger partial charge in [0, 0.05) is 30.8 Å². The molecular weight excluding hydrogens is 204 g/mol. The standard InChI is InChI=1S/C11H18N4O/c1-7-5-10(14-11(12)13-7)15-4-3-9(6-15)8(2)16/h5,8-9,16H,3-4,6H2,1-2H3,(H2,12,13,14). The summed E-state index contributed by atoms with van der Waals surface area (Å²) in [6, 6.07) is 1.93. The number of nitrogens with zero attached hydrogens (tertiary/aromatic N) is 3. The molecule has 0 radical (unpaired) electrons. The van der Waals surface area contributed by atoms with Gasteiger partial charge in [-0.05, 0) is 20.3 Å². The first-order chi connectivity index (χ1) is 7.56. The molecule has 88 valence electrons. The van der Waals surface area contributed by atoms with Gasteiger partial charge < -0.3 is 15.7 Å². The molecule has 0 amide bonds. The highest BCUT2D eigenvalue weighted by molar-refractivity contribution is 5.44. The van der Waals surface area contributed by atoms with Gasteiger partial charge in [0.25, 0.3) is 0 Å². The Morgan fingerprint density at radius 3 is 2.88 bits per heavy atom. The fourth-order valence-corrected chi connectivity index (χ4v) is 2.13. The van der Waals surface area contributed by atoms with E-state index in [1.165, 1.54) is 0 Å². The van der Waals surface area contributed by atoms with Gasteiger partial charge in [-0.3, -0.25) is 0 Å². The summed E-state index contributed by atoms with van der Waals surface area (Å²) in [6.45, 7) is 5.51. The van der Waals surface area contributed by atoms with Crippen molar-refractivity contribution in [3.8, 4) is 0 Å². The number of rotatable bonds is 2. The Morgan fingerprint density at radius 1 is 1.56 bits per heavy atom. The highest BCUT2D eigenvalue weighted by Gasteiger charge is 2.26. The number of aliphatic hydroxyl groups is 1. The van der Waals surface area contributed by atoms with Crippen LogP contribution >= 0.6 is 0 Å². The second-order valence-corrected chi connectivity index (χ2v) is 4.46. The third-order valence-corrected chi connectivity index (χ3v) is 3.09. The van der Waals surface area contributed by atoms with Crippen LogP contribution in [0.15, 0.2) is 6.07 Å². The quantitative estimate of drug-likeness (QED) is 0.765. The van der Waals surface area contributed by atoms with E-state index in [0.29, 0.717) is 11.9 Å². The number of aryl methyl sites for hydroxylation is 1. The summed E-state index contributed by atoms with van der Waals surface area (Å²) in [5, 5.41) is 9.54. The summed E-state index contributed by atoms with van der Waals surface area (Å²) < 4.78 is 0. The largest absolute Gasteiger partial charge is 0.393 e. The van der Waals surface area contributed by atoms with E-state index in [-0.39, 0.29) is 6.10 Å². The van der Waals surface area contributed by atoms with Crippen LogP contribution in [0.4, 0.5) is 11.8 Å². The lowest BCUT2D eigenvalue weighted by Gasteiger charge is -2.19. The highest BCUT2D eigenvalue weighted by Crippen LogP contribution is 2.24. The van der Waals surface area contributed by atoms with Gasteiger partial charge >= 0.3 is 0 Å². The maximum absolute atomic E-state index is 9.54. The lowest BCUT2D eigenvalue weighted by atomic mass is 10.0. The van der Waals surface area contributed by atoms with Crippen molar-refractivity contribution in [2.45, 2.75) is 26.4 Å². The molecule has 2 rings (SSSR count). The lowest BCUT2D eigenvalue weighted by molar-refractivity contribution is 0.136. The zero-order valence-electron chi connectivity index (χ0n) is 9.72. The van der Waals surface area contributed by atoms with E-state index in [2.05, 4.69) is 14.9 Å². The van der Waals surface area contributed by atoms with E-state index in [1.807, 2.05) is 19.9 Å². The van der Waals surface area contributed by atoms with E-state index in [4.69, 9.17) is 5.73 Å². The number of aromatic nitrogens is 2. The smallest absolute Gasteiger partial charge is 0.222 e. The molecule has 16 heavy (non-hydrogen) atoms. The van der Waals surface area contributed by atoms with Crippen molar-refractivity contribution >= 4 is 11.8 Å². The fourth-order valence-electron chi connectivity index (χ4n) is 2.13. The molecule has 0 aromatic carbocycles. The van der Waals surface area contributed by atoms with Gasteiger partial charge in [-0.2, -0.15) is 4.98 Å². The molecule has 0 spiro atoms. The van der Waals surface area contributed by atoms with E-state index in [9.17, 15) is 5.11 Å². The first-order valence-electron chi connectivity index (χ1n) is 5.60. The molecule has 2 heterocycles. The molecule has 5 heteroatoms. The first-order valence-corrected chi connectivity index (χ1v) is 5.60. The van der Waals surface area contributed by atoms with Crippen LogP contribution in [0, 0.1) is 12.8 Å². The predicted molar refractivity (Wildman–Crippen MR) is 63.2 cm³/mol. The number of nitrogens with two attached hydrogens (primary N) is 1. The van der Waals surface area contributed by atoms with Crippen LogP contribution in [0.5, 0.6) is 0 Å². The summed E-state index contributed by atoms with van der Waals surface area (Å²) in [7, 11) is 0. The van der Waals surface area contributed by atoms with E-state index in [0.717, 1.165) is 31.0 Å². The van der Waals surface area contributed by atoms with Gasteiger partial charge in [-0.25, -0.2) is 4.98 Å². The molecule has 1 saturated heterocycles. The summed E-state index contributed by atoms with van der Waals surface area (Å²) in [5.74, 6) is 1.51. The number of hydrogen-bond acceptors (Lipinski definition) is 5. The molecule has 1 aliphatic rings. The molecule has 2 unspecified atom stereocenters. The third-order valence-electron chi connectivity index (χ3n) is 3.09. The third kappa shape index (κ3) is 2.24. The number of hydrogen-bond donors (Lipinski definition) is 2. The average molecular weight is 222 g/mol. The van der Waals surface area contributed by atoms with Gasteiger partial charge in [0.1, 0.15) is 5.82 Å². The molecule has 1 aliphatic heterocycles.